The molecule has 1 aliphatic heterocycles. The molecular weight excluding hydrogens is 267 g/mol. The molecule has 1 heterocycles. The molecule has 0 fully saturated rings. The van der Waals surface area contributed by atoms with Crippen LogP contribution >= 0.6 is 0 Å². The van der Waals surface area contributed by atoms with Crippen molar-refractivity contribution in [3.8, 4) is 0 Å². The van der Waals surface area contributed by atoms with Gasteiger partial charge in [0.1, 0.15) is 5.82 Å². The average molecular weight is 284 g/mol. The summed E-state index contributed by atoms with van der Waals surface area (Å²) in [7, 11) is 0. The molecule has 2 N–H and O–H groups in total. The molecule has 1 amide bonds. The van der Waals surface area contributed by atoms with Crippen molar-refractivity contribution in [2.24, 2.45) is 0 Å². The molecule has 0 unspecified atom stereocenters. The van der Waals surface area contributed by atoms with Crippen LogP contribution in [0.15, 0.2) is 36.4 Å². The number of carbonyl (C=O) groups is 1. The molecule has 3 nitrogen and oxygen atoms in total. The third-order valence-corrected chi connectivity index (χ3v) is 3.83. The highest BCUT2D eigenvalue weighted by Gasteiger charge is 2.17. The maximum atomic E-state index is 13.3. The first-order chi connectivity index (χ1) is 10.1. The summed E-state index contributed by atoms with van der Waals surface area (Å²) in [4.78, 5) is 12.5. The molecule has 0 spiro atoms. The van der Waals surface area contributed by atoms with Gasteiger partial charge in [-0.1, -0.05) is 18.2 Å². The van der Waals surface area contributed by atoms with Crippen LogP contribution in [0.3, 0.4) is 0 Å². The molecule has 0 saturated heterocycles. The molecular formula is C17H17FN2O. The summed E-state index contributed by atoms with van der Waals surface area (Å²) in [5.74, 6) is -0.530. The highest BCUT2D eigenvalue weighted by atomic mass is 19.1. The van der Waals surface area contributed by atoms with Gasteiger partial charge >= 0.3 is 0 Å². The molecule has 0 radical (unpaired) electrons. The number of carbonyl (C=O) groups excluding carboxylic acids is 1. The van der Waals surface area contributed by atoms with Crippen molar-refractivity contribution in [1.82, 2.24) is 5.32 Å². The van der Waals surface area contributed by atoms with Gasteiger partial charge < -0.3 is 10.6 Å². The minimum absolute atomic E-state index is 0.178. The van der Waals surface area contributed by atoms with Crippen LogP contribution in [-0.2, 0) is 13.0 Å². The number of amides is 1. The van der Waals surface area contributed by atoms with Crippen LogP contribution in [-0.4, -0.2) is 12.5 Å². The van der Waals surface area contributed by atoms with Gasteiger partial charge in [-0.2, -0.15) is 0 Å². The topological polar surface area (TPSA) is 41.1 Å². The lowest BCUT2D eigenvalue weighted by atomic mass is 9.95. The summed E-state index contributed by atoms with van der Waals surface area (Å²) in [5.41, 5.74) is 4.29. The third-order valence-electron chi connectivity index (χ3n) is 3.83. The van der Waals surface area contributed by atoms with Crippen LogP contribution in [0.5, 0.6) is 0 Å². The smallest absolute Gasteiger partial charge is 0.255 e. The summed E-state index contributed by atoms with van der Waals surface area (Å²) in [5, 5.41) is 6.11. The molecule has 2 aromatic carbocycles. The van der Waals surface area contributed by atoms with Crippen molar-refractivity contribution in [3.63, 3.8) is 0 Å². The minimum Gasteiger partial charge on any atom is -0.322 e. The normalized spacial score (nSPS) is 13.6. The Hall–Kier alpha value is -2.20. The zero-order chi connectivity index (χ0) is 14.8. The number of hydrogen-bond donors (Lipinski definition) is 2. The Bertz CT molecular complexity index is 697. The van der Waals surface area contributed by atoms with E-state index in [1.807, 2.05) is 25.1 Å². The summed E-state index contributed by atoms with van der Waals surface area (Å²) in [6.45, 7) is 3.51. The Morgan fingerprint density at radius 2 is 2.14 bits per heavy atom. The van der Waals surface area contributed by atoms with Crippen molar-refractivity contribution < 1.29 is 9.18 Å². The first kappa shape index (κ1) is 13.8. The predicted octanol–water partition coefficient (Wildman–Crippen LogP) is 3.03. The van der Waals surface area contributed by atoms with Gasteiger partial charge in [0.15, 0.2) is 0 Å². The Morgan fingerprint density at radius 1 is 1.29 bits per heavy atom. The summed E-state index contributed by atoms with van der Waals surface area (Å²) in [6.07, 6.45) is 0.834. The predicted molar refractivity (Wildman–Crippen MR) is 80.9 cm³/mol. The number of halogens is 1. The number of aryl methyl sites for hydroxylation is 1. The van der Waals surface area contributed by atoms with Gasteiger partial charge in [0, 0.05) is 17.8 Å². The second kappa shape index (κ2) is 5.66. The maximum Gasteiger partial charge on any atom is 0.255 e. The molecule has 3 rings (SSSR count). The Kier molecular flexibility index (Phi) is 3.71. The summed E-state index contributed by atoms with van der Waals surface area (Å²) < 4.78 is 13.3. The van der Waals surface area contributed by atoms with Gasteiger partial charge in [0.05, 0.1) is 0 Å². The molecule has 21 heavy (non-hydrogen) atoms. The lowest BCUT2D eigenvalue weighted by molar-refractivity contribution is 0.102. The fourth-order valence-electron chi connectivity index (χ4n) is 2.66. The van der Waals surface area contributed by atoms with Crippen LogP contribution < -0.4 is 10.6 Å². The number of anilines is 1. The van der Waals surface area contributed by atoms with E-state index in [4.69, 9.17) is 0 Å². The highest BCUT2D eigenvalue weighted by Crippen LogP contribution is 2.21. The fraction of sp³-hybridized carbons (Fsp3) is 0.235. The highest BCUT2D eigenvalue weighted by molar-refractivity contribution is 6.05. The summed E-state index contributed by atoms with van der Waals surface area (Å²) >= 11 is 0. The quantitative estimate of drug-likeness (QED) is 0.890. The van der Waals surface area contributed by atoms with E-state index in [0.29, 0.717) is 11.3 Å². The lowest BCUT2D eigenvalue weighted by Crippen LogP contribution is -2.26. The standard InChI is InChI=1S/C17H17FN2O/c1-11-5-6-13(18)9-16(11)20-17(21)15-4-2-3-12-10-19-8-7-14(12)15/h2-6,9,19H,7-8,10H2,1H3,(H,20,21). The zero-order valence-electron chi connectivity index (χ0n) is 11.9. The van der Waals surface area contributed by atoms with Gasteiger partial charge in [-0.15, -0.1) is 0 Å². The number of hydrogen-bond acceptors (Lipinski definition) is 2. The molecule has 0 saturated carbocycles. The number of fused-ring (bicyclic) bond motifs is 1. The van der Waals surface area contributed by atoms with E-state index in [1.165, 1.54) is 12.1 Å². The van der Waals surface area contributed by atoms with Crippen LogP contribution in [0, 0.1) is 12.7 Å². The first-order valence-electron chi connectivity index (χ1n) is 7.04. The molecule has 0 aliphatic carbocycles. The lowest BCUT2D eigenvalue weighted by Gasteiger charge is -2.20. The van der Waals surface area contributed by atoms with Gasteiger partial charge in [0.25, 0.3) is 5.91 Å². The molecule has 1 aliphatic rings. The van der Waals surface area contributed by atoms with E-state index in [0.717, 1.165) is 36.2 Å². The molecule has 4 heteroatoms. The number of rotatable bonds is 2. The van der Waals surface area contributed by atoms with E-state index < -0.39 is 0 Å². The van der Waals surface area contributed by atoms with Crippen LogP contribution in [0.4, 0.5) is 10.1 Å². The van der Waals surface area contributed by atoms with E-state index in [2.05, 4.69) is 10.6 Å². The number of nitrogens with one attached hydrogen (secondary N) is 2. The SMILES string of the molecule is Cc1ccc(F)cc1NC(=O)c1cccc2c1CCNC2. The summed E-state index contributed by atoms with van der Waals surface area (Å²) in [6, 6.07) is 10.2. The van der Waals surface area contributed by atoms with Gasteiger partial charge in [0.2, 0.25) is 0 Å². The molecule has 2 aromatic rings. The largest absolute Gasteiger partial charge is 0.322 e. The van der Waals surface area contributed by atoms with E-state index in [-0.39, 0.29) is 11.7 Å². The van der Waals surface area contributed by atoms with Gasteiger partial charge in [-0.25, -0.2) is 4.39 Å². The Labute approximate surface area is 123 Å². The second-order valence-corrected chi connectivity index (χ2v) is 5.28. The number of benzene rings is 2. The van der Waals surface area contributed by atoms with Crippen LogP contribution in [0.25, 0.3) is 0 Å². The molecule has 0 bridgehead atoms. The van der Waals surface area contributed by atoms with Gasteiger partial charge in [-0.3, -0.25) is 4.79 Å². The molecule has 0 atom stereocenters. The molecule has 0 aromatic heterocycles. The van der Waals surface area contributed by atoms with Crippen molar-refractivity contribution in [3.05, 3.63) is 64.5 Å². The average Bonchev–Trinajstić information content (AvgIpc) is 2.50. The third kappa shape index (κ3) is 2.81. The monoisotopic (exact) mass is 284 g/mol. The first-order valence-corrected chi connectivity index (χ1v) is 7.04. The van der Waals surface area contributed by atoms with Crippen LogP contribution in [0.2, 0.25) is 0 Å². The minimum atomic E-state index is -0.352. The second-order valence-electron chi connectivity index (χ2n) is 5.28. The Morgan fingerprint density at radius 3 is 3.00 bits per heavy atom. The van der Waals surface area contributed by atoms with Crippen molar-refractivity contribution in [2.45, 2.75) is 19.9 Å². The van der Waals surface area contributed by atoms with Crippen molar-refractivity contribution >= 4 is 11.6 Å². The fourth-order valence-corrected chi connectivity index (χ4v) is 2.66. The Balaban J connectivity index is 1.91. The maximum absolute atomic E-state index is 13.3. The zero-order valence-corrected chi connectivity index (χ0v) is 11.9. The van der Waals surface area contributed by atoms with E-state index in [1.54, 1.807) is 6.07 Å². The molecule has 108 valence electrons. The van der Waals surface area contributed by atoms with E-state index >= 15 is 0 Å². The van der Waals surface area contributed by atoms with Crippen molar-refractivity contribution in [2.75, 3.05) is 11.9 Å². The van der Waals surface area contributed by atoms with Crippen molar-refractivity contribution in [1.29, 1.82) is 0 Å². The van der Waals surface area contributed by atoms with Crippen LogP contribution in [0.1, 0.15) is 27.0 Å². The van der Waals surface area contributed by atoms with E-state index in [9.17, 15) is 9.18 Å². The van der Waals surface area contributed by atoms with Gasteiger partial charge in [-0.05, 0) is 54.8 Å².